The minimum absolute atomic E-state index is 0.502. The first-order valence-corrected chi connectivity index (χ1v) is 10.8. The molecule has 0 fully saturated rings. The molecule has 0 radical (unpaired) electrons. The molecule has 1 atom stereocenters. The van der Waals surface area contributed by atoms with Gasteiger partial charge in [-0.1, -0.05) is 18.5 Å². The molecule has 1 aliphatic rings. The van der Waals surface area contributed by atoms with Crippen molar-refractivity contribution in [3.8, 4) is 11.6 Å². The SMILES string of the molecule is C[C@H]1CCc2c(sc3ncn4nc(-c5ccc(Cn6cc(Cl)cn6)o5)nc4c23)C1. The van der Waals surface area contributed by atoms with Crippen LogP contribution < -0.4 is 0 Å². The van der Waals surface area contributed by atoms with Crippen LogP contribution >= 0.6 is 22.9 Å². The Labute approximate surface area is 175 Å². The van der Waals surface area contributed by atoms with Crippen molar-refractivity contribution in [2.75, 3.05) is 0 Å². The number of fused-ring (bicyclic) bond motifs is 5. The molecule has 29 heavy (non-hydrogen) atoms. The Bertz CT molecular complexity index is 1360. The number of nitrogens with zero attached hydrogens (tertiary/aromatic N) is 6. The number of thiophene rings is 1. The van der Waals surface area contributed by atoms with Gasteiger partial charge in [0.2, 0.25) is 5.82 Å². The van der Waals surface area contributed by atoms with Gasteiger partial charge in [-0.3, -0.25) is 4.68 Å². The van der Waals surface area contributed by atoms with Crippen LogP contribution in [0, 0.1) is 5.92 Å². The van der Waals surface area contributed by atoms with Gasteiger partial charge in [0.05, 0.1) is 23.2 Å². The summed E-state index contributed by atoms with van der Waals surface area (Å²) < 4.78 is 9.47. The molecule has 5 aromatic rings. The average Bonchev–Trinajstić information content (AvgIpc) is 3.45. The molecule has 1 aliphatic carbocycles. The van der Waals surface area contributed by atoms with Crippen LogP contribution in [0.15, 0.2) is 35.3 Å². The number of aromatic nitrogens is 6. The minimum Gasteiger partial charge on any atom is -0.456 e. The third-order valence-corrected chi connectivity index (χ3v) is 6.79. The topological polar surface area (TPSA) is 74.0 Å². The van der Waals surface area contributed by atoms with E-state index in [1.165, 1.54) is 16.9 Å². The van der Waals surface area contributed by atoms with E-state index in [9.17, 15) is 0 Å². The lowest BCUT2D eigenvalue weighted by Crippen LogP contribution is -2.08. The lowest BCUT2D eigenvalue weighted by molar-refractivity contribution is 0.487. The summed E-state index contributed by atoms with van der Waals surface area (Å²) in [5.74, 6) is 2.69. The molecule has 0 bridgehead atoms. The lowest BCUT2D eigenvalue weighted by atomic mass is 9.89. The molecule has 0 amide bonds. The average molecular weight is 425 g/mol. The molecule has 0 unspecified atom stereocenters. The van der Waals surface area contributed by atoms with Crippen LogP contribution in [-0.4, -0.2) is 29.4 Å². The molecule has 0 saturated heterocycles. The third kappa shape index (κ3) is 2.86. The molecule has 5 aromatic heterocycles. The van der Waals surface area contributed by atoms with Crippen LogP contribution in [0.25, 0.3) is 27.4 Å². The summed E-state index contributed by atoms with van der Waals surface area (Å²) >= 11 is 7.72. The second-order valence-corrected chi connectivity index (χ2v) is 9.12. The first-order chi connectivity index (χ1) is 14.1. The predicted octanol–water partition coefficient (Wildman–Crippen LogP) is 4.62. The molecular formula is C20H17ClN6OS. The van der Waals surface area contributed by atoms with Crippen molar-refractivity contribution >= 4 is 38.8 Å². The van der Waals surface area contributed by atoms with Gasteiger partial charge in [-0.05, 0) is 42.9 Å². The van der Waals surface area contributed by atoms with Crippen molar-refractivity contribution in [2.24, 2.45) is 5.92 Å². The fourth-order valence-corrected chi connectivity index (χ4v) is 5.51. The minimum atomic E-state index is 0.502. The normalized spacial score (nSPS) is 16.7. The number of hydrogen-bond donors (Lipinski definition) is 0. The van der Waals surface area contributed by atoms with E-state index in [0.29, 0.717) is 23.2 Å². The highest BCUT2D eigenvalue weighted by Gasteiger charge is 2.24. The number of aryl methyl sites for hydroxylation is 1. The zero-order valence-electron chi connectivity index (χ0n) is 15.7. The zero-order chi connectivity index (χ0) is 19.5. The van der Waals surface area contributed by atoms with E-state index < -0.39 is 0 Å². The highest BCUT2D eigenvalue weighted by molar-refractivity contribution is 7.19. The molecule has 146 valence electrons. The molecule has 0 saturated carbocycles. The van der Waals surface area contributed by atoms with Crippen molar-refractivity contribution in [1.29, 1.82) is 0 Å². The number of rotatable bonds is 3. The summed E-state index contributed by atoms with van der Waals surface area (Å²) in [6.45, 7) is 2.82. The Morgan fingerprint density at radius 3 is 3.14 bits per heavy atom. The van der Waals surface area contributed by atoms with Crippen molar-refractivity contribution in [1.82, 2.24) is 29.4 Å². The van der Waals surface area contributed by atoms with Crippen LogP contribution in [0.3, 0.4) is 0 Å². The second kappa shape index (κ2) is 6.40. The van der Waals surface area contributed by atoms with E-state index in [1.807, 2.05) is 12.1 Å². The van der Waals surface area contributed by atoms with Crippen molar-refractivity contribution in [3.05, 3.63) is 52.1 Å². The Hall–Kier alpha value is -2.71. The standard InChI is InChI=1S/C20H17ClN6OS/c1-11-2-4-14-16(6-11)29-20-17(14)19-24-18(25-27(19)10-22-20)15-5-3-13(28-15)9-26-8-12(21)7-23-26/h3,5,7-8,10-11H,2,4,6,9H2,1H3/t11-/m0/s1. The van der Waals surface area contributed by atoms with Crippen molar-refractivity contribution in [2.45, 2.75) is 32.7 Å². The molecular weight excluding hydrogens is 408 g/mol. The fraction of sp³-hybridized carbons (Fsp3) is 0.300. The second-order valence-electron chi connectivity index (χ2n) is 7.60. The summed E-state index contributed by atoms with van der Waals surface area (Å²) in [4.78, 5) is 11.9. The van der Waals surface area contributed by atoms with E-state index >= 15 is 0 Å². The highest BCUT2D eigenvalue weighted by Crippen LogP contribution is 2.38. The number of hydrogen-bond acceptors (Lipinski definition) is 6. The van der Waals surface area contributed by atoms with Crippen LogP contribution in [0.5, 0.6) is 0 Å². The Balaban J connectivity index is 1.41. The highest BCUT2D eigenvalue weighted by atomic mass is 35.5. The largest absolute Gasteiger partial charge is 0.456 e. The number of halogens is 1. The molecule has 0 spiro atoms. The van der Waals surface area contributed by atoms with Crippen LogP contribution in [0.1, 0.15) is 29.5 Å². The molecule has 5 heterocycles. The van der Waals surface area contributed by atoms with Gasteiger partial charge in [0.1, 0.15) is 16.9 Å². The smallest absolute Gasteiger partial charge is 0.217 e. The first-order valence-electron chi connectivity index (χ1n) is 9.57. The van der Waals surface area contributed by atoms with E-state index in [0.717, 1.165) is 40.4 Å². The molecule has 0 N–H and O–H groups in total. The first kappa shape index (κ1) is 17.2. The van der Waals surface area contributed by atoms with Gasteiger partial charge in [0.25, 0.3) is 0 Å². The summed E-state index contributed by atoms with van der Waals surface area (Å²) in [6.07, 6.45) is 8.53. The molecule has 9 heteroatoms. The van der Waals surface area contributed by atoms with Crippen LogP contribution in [0.2, 0.25) is 5.02 Å². The maximum Gasteiger partial charge on any atom is 0.217 e. The maximum atomic E-state index is 5.97. The third-order valence-electron chi connectivity index (χ3n) is 5.43. The van der Waals surface area contributed by atoms with Crippen molar-refractivity contribution in [3.63, 3.8) is 0 Å². The van der Waals surface area contributed by atoms with Gasteiger partial charge in [0.15, 0.2) is 11.4 Å². The monoisotopic (exact) mass is 424 g/mol. The van der Waals surface area contributed by atoms with Gasteiger partial charge in [0, 0.05) is 11.1 Å². The maximum absolute atomic E-state index is 5.97. The summed E-state index contributed by atoms with van der Waals surface area (Å²) in [5, 5.41) is 10.5. The fourth-order valence-electron chi connectivity index (χ4n) is 4.01. The Kier molecular flexibility index (Phi) is 3.79. The summed E-state index contributed by atoms with van der Waals surface area (Å²) in [7, 11) is 0. The van der Waals surface area contributed by atoms with Gasteiger partial charge in [-0.2, -0.15) is 5.10 Å². The molecule has 0 aliphatic heterocycles. The van der Waals surface area contributed by atoms with Crippen LogP contribution in [-0.2, 0) is 19.4 Å². The van der Waals surface area contributed by atoms with E-state index in [-0.39, 0.29) is 0 Å². The van der Waals surface area contributed by atoms with Gasteiger partial charge in [-0.25, -0.2) is 14.5 Å². The lowest BCUT2D eigenvalue weighted by Gasteiger charge is -2.17. The molecule has 7 nitrogen and oxygen atoms in total. The van der Waals surface area contributed by atoms with E-state index in [4.69, 9.17) is 21.0 Å². The van der Waals surface area contributed by atoms with E-state index in [2.05, 4.69) is 22.1 Å². The quantitative estimate of drug-likeness (QED) is 0.422. The molecule has 6 rings (SSSR count). The zero-order valence-corrected chi connectivity index (χ0v) is 17.2. The van der Waals surface area contributed by atoms with Crippen molar-refractivity contribution < 1.29 is 4.42 Å². The van der Waals surface area contributed by atoms with E-state index in [1.54, 1.807) is 39.3 Å². The Morgan fingerprint density at radius 2 is 2.28 bits per heavy atom. The van der Waals surface area contributed by atoms with Gasteiger partial charge >= 0.3 is 0 Å². The van der Waals surface area contributed by atoms with Gasteiger partial charge < -0.3 is 4.42 Å². The summed E-state index contributed by atoms with van der Waals surface area (Å²) in [5.41, 5.74) is 2.25. The summed E-state index contributed by atoms with van der Waals surface area (Å²) in [6, 6.07) is 3.81. The Morgan fingerprint density at radius 1 is 1.34 bits per heavy atom. The van der Waals surface area contributed by atoms with Gasteiger partial charge in [-0.15, -0.1) is 16.4 Å². The molecule has 0 aromatic carbocycles. The number of furan rings is 1. The van der Waals surface area contributed by atoms with Crippen LogP contribution in [0.4, 0.5) is 0 Å². The predicted molar refractivity (Wildman–Crippen MR) is 111 cm³/mol.